The zero-order valence-corrected chi connectivity index (χ0v) is 14.5. The van der Waals surface area contributed by atoms with Crippen molar-refractivity contribution >= 4 is 5.82 Å². The van der Waals surface area contributed by atoms with Crippen LogP contribution in [0.2, 0.25) is 0 Å². The molecule has 5 nitrogen and oxygen atoms in total. The topological polar surface area (TPSA) is 57.7 Å². The van der Waals surface area contributed by atoms with Gasteiger partial charge in [0, 0.05) is 37.3 Å². The second-order valence-electron chi connectivity index (χ2n) is 6.72. The van der Waals surface area contributed by atoms with E-state index in [0.29, 0.717) is 5.92 Å². The molecule has 2 aromatic heterocycles. The van der Waals surface area contributed by atoms with Crippen molar-refractivity contribution in [3.63, 3.8) is 0 Å². The zero-order chi connectivity index (χ0) is 17.1. The Morgan fingerprint density at radius 3 is 2.92 bits per heavy atom. The maximum atomic E-state index is 4.59. The Hall–Kier alpha value is -2.69. The van der Waals surface area contributed by atoms with Crippen LogP contribution in [-0.4, -0.2) is 33.3 Å². The molecule has 1 fully saturated rings. The molecular weight excluding hydrogens is 310 g/mol. The van der Waals surface area contributed by atoms with Crippen LogP contribution >= 0.6 is 0 Å². The van der Waals surface area contributed by atoms with Crippen LogP contribution in [0.1, 0.15) is 41.4 Å². The van der Waals surface area contributed by atoms with Crippen molar-refractivity contribution in [2.45, 2.75) is 32.1 Å². The summed E-state index contributed by atoms with van der Waals surface area (Å²) < 4.78 is 0. The highest BCUT2D eigenvalue weighted by molar-refractivity contribution is 5.40. The highest BCUT2D eigenvalue weighted by atomic mass is 15.2. The standard InChI is InChI=1S/C20H23N5/c1-15-21-10-9-19(23-15)25-11-5-8-17(14-25)20-18(13-22-24-20)12-16-6-3-2-4-7-16/h2-4,6-7,9-10,13,17H,5,8,11-12,14H2,1H3,(H,22,24). The molecular formula is C20H23N5. The summed E-state index contributed by atoms with van der Waals surface area (Å²) in [5.41, 5.74) is 3.90. The lowest BCUT2D eigenvalue weighted by molar-refractivity contribution is 0.495. The number of anilines is 1. The van der Waals surface area contributed by atoms with Crippen molar-refractivity contribution < 1.29 is 0 Å². The van der Waals surface area contributed by atoms with Gasteiger partial charge in [-0.05, 0) is 37.0 Å². The van der Waals surface area contributed by atoms with Crippen LogP contribution in [0, 0.1) is 6.92 Å². The van der Waals surface area contributed by atoms with E-state index in [2.05, 4.69) is 55.4 Å². The van der Waals surface area contributed by atoms with Crippen LogP contribution < -0.4 is 4.90 Å². The molecule has 5 heteroatoms. The molecule has 1 N–H and O–H groups in total. The van der Waals surface area contributed by atoms with E-state index in [9.17, 15) is 0 Å². The molecule has 128 valence electrons. The summed E-state index contributed by atoms with van der Waals surface area (Å²) in [4.78, 5) is 11.2. The average Bonchev–Trinajstić information content (AvgIpc) is 3.11. The molecule has 1 aliphatic heterocycles. The third-order valence-electron chi connectivity index (χ3n) is 4.90. The third-order valence-corrected chi connectivity index (χ3v) is 4.90. The smallest absolute Gasteiger partial charge is 0.132 e. The van der Waals surface area contributed by atoms with Crippen LogP contribution in [0.15, 0.2) is 48.8 Å². The van der Waals surface area contributed by atoms with E-state index in [4.69, 9.17) is 0 Å². The van der Waals surface area contributed by atoms with Gasteiger partial charge in [-0.2, -0.15) is 5.10 Å². The van der Waals surface area contributed by atoms with Crippen molar-refractivity contribution in [3.8, 4) is 0 Å². The molecule has 0 spiro atoms. The Labute approximate surface area is 148 Å². The van der Waals surface area contributed by atoms with Gasteiger partial charge in [0.15, 0.2) is 0 Å². The van der Waals surface area contributed by atoms with Gasteiger partial charge in [0.25, 0.3) is 0 Å². The second-order valence-corrected chi connectivity index (χ2v) is 6.72. The van der Waals surface area contributed by atoms with Gasteiger partial charge in [0.1, 0.15) is 11.6 Å². The van der Waals surface area contributed by atoms with Crippen molar-refractivity contribution in [2.75, 3.05) is 18.0 Å². The van der Waals surface area contributed by atoms with Crippen molar-refractivity contribution in [1.29, 1.82) is 0 Å². The first-order valence-corrected chi connectivity index (χ1v) is 8.90. The van der Waals surface area contributed by atoms with Crippen LogP contribution in [0.25, 0.3) is 0 Å². The molecule has 1 saturated heterocycles. The third kappa shape index (κ3) is 3.55. The summed E-state index contributed by atoms with van der Waals surface area (Å²) in [5, 5.41) is 7.61. The molecule has 25 heavy (non-hydrogen) atoms. The molecule has 1 aliphatic rings. The Balaban J connectivity index is 1.53. The normalized spacial score (nSPS) is 17.6. The van der Waals surface area contributed by atoms with Crippen LogP contribution in [0.4, 0.5) is 5.82 Å². The predicted octanol–water partition coefficient (Wildman–Crippen LogP) is 3.48. The number of nitrogens with one attached hydrogen (secondary N) is 1. The van der Waals surface area contributed by atoms with E-state index in [-0.39, 0.29) is 0 Å². The van der Waals surface area contributed by atoms with E-state index >= 15 is 0 Å². The highest BCUT2D eigenvalue weighted by Gasteiger charge is 2.25. The number of piperidine rings is 1. The van der Waals surface area contributed by atoms with E-state index in [1.54, 1.807) is 0 Å². The van der Waals surface area contributed by atoms with E-state index in [1.165, 1.54) is 23.2 Å². The molecule has 3 aromatic rings. The molecule has 1 aromatic carbocycles. The van der Waals surface area contributed by atoms with Crippen molar-refractivity contribution in [1.82, 2.24) is 20.2 Å². The van der Waals surface area contributed by atoms with Gasteiger partial charge in [-0.25, -0.2) is 9.97 Å². The first kappa shape index (κ1) is 15.8. The summed E-state index contributed by atoms with van der Waals surface area (Å²) in [6, 6.07) is 12.6. The Kier molecular flexibility index (Phi) is 4.46. The molecule has 1 unspecified atom stereocenters. The lowest BCUT2D eigenvalue weighted by Gasteiger charge is -2.33. The van der Waals surface area contributed by atoms with Gasteiger partial charge in [-0.1, -0.05) is 30.3 Å². The van der Waals surface area contributed by atoms with E-state index in [1.807, 2.05) is 25.4 Å². The second kappa shape index (κ2) is 7.05. The summed E-state index contributed by atoms with van der Waals surface area (Å²) in [6.07, 6.45) is 7.10. The summed E-state index contributed by atoms with van der Waals surface area (Å²) in [6.45, 7) is 3.97. The minimum absolute atomic E-state index is 0.463. The maximum absolute atomic E-state index is 4.59. The number of aromatic nitrogens is 4. The van der Waals surface area contributed by atoms with Gasteiger partial charge in [0.05, 0.1) is 6.20 Å². The summed E-state index contributed by atoms with van der Waals surface area (Å²) in [7, 11) is 0. The summed E-state index contributed by atoms with van der Waals surface area (Å²) in [5.74, 6) is 2.32. The van der Waals surface area contributed by atoms with Gasteiger partial charge >= 0.3 is 0 Å². The molecule has 0 aliphatic carbocycles. The van der Waals surface area contributed by atoms with Gasteiger partial charge in [-0.15, -0.1) is 0 Å². The van der Waals surface area contributed by atoms with Gasteiger partial charge in [-0.3, -0.25) is 5.10 Å². The zero-order valence-electron chi connectivity index (χ0n) is 14.5. The van der Waals surface area contributed by atoms with Crippen molar-refractivity contribution in [3.05, 3.63) is 71.4 Å². The molecule has 0 bridgehead atoms. The van der Waals surface area contributed by atoms with Crippen LogP contribution in [-0.2, 0) is 6.42 Å². The summed E-state index contributed by atoms with van der Waals surface area (Å²) >= 11 is 0. The van der Waals surface area contributed by atoms with Crippen LogP contribution in [0.5, 0.6) is 0 Å². The number of nitrogens with zero attached hydrogens (tertiary/aromatic N) is 4. The molecule has 0 radical (unpaired) electrons. The average molecular weight is 333 g/mol. The highest BCUT2D eigenvalue weighted by Crippen LogP contribution is 2.30. The molecule has 0 saturated carbocycles. The Morgan fingerprint density at radius 1 is 1.20 bits per heavy atom. The number of aromatic amines is 1. The van der Waals surface area contributed by atoms with E-state index in [0.717, 1.165) is 37.6 Å². The monoisotopic (exact) mass is 333 g/mol. The predicted molar refractivity (Wildman–Crippen MR) is 98.8 cm³/mol. The number of H-pyrrole nitrogens is 1. The number of benzene rings is 1. The minimum Gasteiger partial charge on any atom is -0.356 e. The van der Waals surface area contributed by atoms with Gasteiger partial charge in [0.2, 0.25) is 0 Å². The fourth-order valence-electron chi connectivity index (χ4n) is 3.67. The lowest BCUT2D eigenvalue weighted by atomic mass is 9.91. The fourth-order valence-corrected chi connectivity index (χ4v) is 3.67. The molecule has 3 heterocycles. The molecule has 1 atom stereocenters. The first-order valence-electron chi connectivity index (χ1n) is 8.90. The van der Waals surface area contributed by atoms with E-state index < -0.39 is 0 Å². The number of hydrogen-bond donors (Lipinski definition) is 1. The Morgan fingerprint density at radius 2 is 2.08 bits per heavy atom. The lowest BCUT2D eigenvalue weighted by Crippen LogP contribution is -2.35. The quantitative estimate of drug-likeness (QED) is 0.794. The fraction of sp³-hybridized carbons (Fsp3) is 0.350. The minimum atomic E-state index is 0.463. The van der Waals surface area contributed by atoms with Gasteiger partial charge < -0.3 is 4.90 Å². The SMILES string of the molecule is Cc1nccc(N2CCCC(c3[nH]ncc3Cc3ccccc3)C2)n1. The Bertz CT molecular complexity index is 827. The molecule has 0 amide bonds. The largest absolute Gasteiger partial charge is 0.356 e. The first-order chi connectivity index (χ1) is 12.3. The van der Waals surface area contributed by atoms with Crippen LogP contribution in [0.3, 0.4) is 0 Å². The maximum Gasteiger partial charge on any atom is 0.132 e. The number of hydrogen-bond acceptors (Lipinski definition) is 4. The molecule has 4 rings (SSSR count). The number of rotatable bonds is 4. The number of aryl methyl sites for hydroxylation is 1. The van der Waals surface area contributed by atoms with Crippen molar-refractivity contribution in [2.24, 2.45) is 0 Å².